The number of ketones is 1. The highest BCUT2D eigenvalue weighted by Gasteiger charge is 2.24. The van der Waals surface area contributed by atoms with Gasteiger partial charge in [-0.05, 0) is 45.0 Å². The molecule has 3 rings (SSSR count). The first-order valence-electron chi connectivity index (χ1n) is 8.89. The maximum Gasteiger partial charge on any atom is 0.243 e. The van der Waals surface area contributed by atoms with Crippen molar-refractivity contribution in [3.63, 3.8) is 0 Å². The van der Waals surface area contributed by atoms with E-state index in [1.807, 2.05) is 48.9 Å². The van der Waals surface area contributed by atoms with Crippen LogP contribution in [0.15, 0.2) is 59.5 Å². The molecule has 0 aliphatic rings. The van der Waals surface area contributed by atoms with Gasteiger partial charge < -0.3 is 0 Å². The van der Waals surface area contributed by atoms with Crippen LogP contribution in [0, 0.1) is 13.8 Å². The molecule has 0 atom stereocenters. The van der Waals surface area contributed by atoms with Crippen LogP contribution in [0.4, 0.5) is 0 Å². The number of nitrogens with zero attached hydrogens (tertiary/aromatic N) is 3. The summed E-state index contributed by atoms with van der Waals surface area (Å²) < 4.78 is 29.0. The number of carbonyl (C=O) groups is 1. The molecule has 0 aliphatic heterocycles. The Labute approximate surface area is 165 Å². The number of para-hydroxylation sites is 1. The average molecular weight is 398 g/mol. The van der Waals surface area contributed by atoms with Gasteiger partial charge in [0.2, 0.25) is 10.0 Å². The van der Waals surface area contributed by atoms with Gasteiger partial charge in [0.1, 0.15) is 0 Å². The fourth-order valence-electron chi connectivity index (χ4n) is 3.07. The summed E-state index contributed by atoms with van der Waals surface area (Å²) >= 11 is 0. The zero-order chi connectivity index (χ0) is 20.5. The highest BCUT2D eigenvalue weighted by Crippen LogP contribution is 2.23. The van der Waals surface area contributed by atoms with E-state index in [9.17, 15) is 13.2 Å². The summed E-state index contributed by atoms with van der Waals surface area (Å²) in [6, 6.07) is 15.7. The molecule has 1 aromatic heterocycles. The van der Waals surface area contributed by atoms with Gasteiger partial charge in [0.15, 0.2) is 5.78 Å². The van der Waals surface area contributed by atoms with Crippen molar-refractivity contribution in [2.45, 2.75) is 32.2 Å². The molecule has 0 saturated carbocycles. The first-order valence-corrected chi connectivity index (χ1v) is 10.3. The quantitative estimate of drug-likeness (QED) is 0.597. The van der Waals surface area contributed by atoms with Gasteiger partial charge in [0.25, 0.3) is 0 Å². The number of Topliss-reactive ketones (excluding diaryl/α,β-unsaturated/α-hetero) is 1. The van der Waals surface area contributed by atoms with Crippen molar-refractivity contribution in [3.8, 4) is 5.69 Å². The monoisotopic (exact) mass is 397 g/mol. The molecule has 2 aromatic carbocycles. The zero-order valence-electron chi connectivity index (χ0n) is 16.4. The van der Waals surface area contributed by atoms with Crippen molar-refractivity contribution in [1.29, 1.82) is 0 Å². The lowest BCUT2D eigenvalue weighted by molar-refractivity contribution is 0.101. The van der Waals surface area contributed by atoms with Crippen molar-refractivity contribution < 1.29 is 13.2 Å². The lowest BCUT2D eigenvalue weighted by Gasteiger charge is -2.18. The molecular formula is C21H23N3O3S. The van der Waals surface area contributed by atoms with Gasteiger partial charge in [-0.2, -0.15) is 9.40 Å². The van der Waals surface area contributed by atoms with E-state index in [0.29, 0.717) is 5.56 Å². The standard InChI is InChI=1S/C21H23N3O3S/c1-15-21(16(2)24(22-15)19-8-6-5-7-9-19)14-23(4)28(26,27)20-12-10-18(11-13-20)17(3)25/h5-13H,14H2,1-4H3. The maximum absolute atomic E-state index is 12.9. The van der Waals surface area contributed by atoms with Gasteiger partial charge >= 0.3 is 0 Å². The molecule has 0 amide bonds. The van der Waals surface area contributed by atoms with E-state index in [2.05, 4.69) is 5.10 Å². The highest BCUT2D eigenvalue weighted by molar-refractivity contribution is 7.89. The molecule has 0 radical (unpaired) electrons. The number of sulfonamides is 1. The molecule has 1 heterocycles. The van der Waals surface area contributed by atoms with E-state index in [0.717, 1.165) is 22.6 Å². The molecular weight excluding hydrogens is 374 g/mol. The van der Waals surface area contributed by atoms with Crippen LogP contribution in [0.2, 0.25) is 0 Å². The van der Waals surface area contributed by atoms with E-state index in [1.165, 1.54) is 35.5 Å². The first-order chi connectivity index (χ1) is 13.2. The molecule has 7 heteroatoms. The van der Waals surface area contributed by atoms with E-state index in [-0.39, 0.29) is 17.2 Å². The van der Waals surface area contributed by atoms with E-state index in [4.69, 9.17) is 0 Å². The van der Waals surface area contributed by atoms with Gasteiger partial charge in [-0.1, -0.05) is 30.3 Å². The molecule has 146 valence electrons. The molecule has 0 bridgehead atoms. The Morgan fingerprint density at radius 2 is 1.64 bits per heavy atom. The number of aryl methyl sites for hydroxylation is 1. The van der Waals surface area contributed by atoms with E-state index < -0.39 is 10.0 Å². The second-order valence-electron chi connectivity index (χ2n) is 6.74. The molecule has 0 N–H and O–H groups in total. The van der Waals surface area contributed by atoms with Crippen LogP contribution in [-0.4, -0.2) is 35.3 Å². The Morgan fingerprint density at radius 1 is 1.04 bits per heavy atom. The predicted octanol–water partition coefficient (Wildman–Crippen LogP) is 3.51. The minimum Gasteiger partial charge on any atom is -0.295 e. The Kier molecular flexibility index (Phi) is 5.49. The summed E-state index contributed by atoms with van der Waals surface area (Å²) in [5, 5.41) is 4.58. The number of aromatic nitrogens is 2. The summed E-state index contributed by atoms with van der Waals surface area (Å²) in [7, 11) is -2.13. The average Bonchev–Trinajstić information content (AvgIpc) is 2.97. The Bertz CT molecular complexity index is 1100. The van der Waals surface area contributed by atoms with Crippen LogP contribution in [0.5, 0.6) is 0 Å². The molecule has 0 spiro atoms. The molecule has 0 unspecified atom stereocenters. The van der Waals surface area contributed by atoms with Crippen molar-refractivity contribution >= 4 is 15.8 Å². The predicted molar refractivity (Wildman–Crippen MR) is 108 cm³/mol. The number of carbonyl (C=O) groups excluding carboxylic acids is 1. The second kappa shape index (κ2) is 7.69. The molecule has 28 heavy (non-hydrogen) atoms. The Hall–Kier alpha value is -2.77. The first kappa shape index (κ1) is 20.0. The summed E-state index contributed by atoms with van der Waals surface area (Å²) in [4.78, 5) is 11.6. The van der Waals surface area contributed by atoms with Crippen molar-refractivity contribution in [3.05, 3.63) is 77.1 Å². The largest absolute Gasteiger partial charge is 0.295 e. The lowest BCUT2D eigenvalue weighted by Crippen LogP contribution is -2.27. The van der Waals surface area contributed by atoms with E-state index in [1.54, 1.807) is 7.05 Å². The molecule has 0 fully saturated rings. The minimum absolute atomic E-state index is 0.100. The van der Waals surface area contributed by atoms with Gasteiger partial charge in [-0.15, -0.1) is 0 Å². The van der Waals surface area contributed by atoms with Crippen LogP contribution >= 0.6 is 0 Å². The second-order valence-corrected chi connectivity index (χ2v) is 8.78. The van der Waals surface area contributed by atoms with Crippen LogP contribution in [0.25, 0.3) is 5.69 Å². The van der Waals surface area contributed by atoms with Crippen molar-refractivity contribution in [2.75, 3.05) is 7.05 Å². The van der Waals surface area contributed by atoms with Gasteiger partial charge in [-0.3, -0.25) is 4.79 Å². The van der Waals surface area contributed by atoms with E-state index >= 15 is 0 Å². The van der Waals surface area contributed by atoms with Gasteiger partial charge in [0, 0.05) is 30.4 Å². The third kappa shape index (κ3) is 3.76. The number of hydrogen-bond acceptors (Lipinski definition) is 4. The fraction of sp³-hybridized carbons (Fsp3) is 0.238. The maximum atomic E-state index is 12.9. The number of benzene rings is 2. The zero-order valence-corrected chi connectivity index (χ0v) is 17.2. The highest BCUT2D eigenvalue weighted by atomic mass is 32.2. The molecule has 0 saturated heterocycles. The van der Waals surface area contributed by atoms with Gasteiger partial charge in [0.05, 0.1) is 16.3 Å². The topological polar surface area (TPSA) is 72.3 Å². The summed E-state index contributed by atoms with van der Waals surface area (Å²) in [5.41, 5.74) is 3.97. The molecule has 3 aromatic rings. The van der Waals surface area contributed by atoms with Crippen LogP contribution in [0.3, 0.4) is 0 Å². The SMILES string of the molecule is CC(=O)c1ccc(S(=O)(=O)N(C)Cc2c(C)nn(-c3ccccc3)c2C)cc1. The van der Waals surface area contributed by atoms with Crippen LogP contribution in [0.1, 0.15) is 34.2 Å². The molecule has 6 nitrogen and oxygen atoms in total. The third-order valence-corrected chi connectivity index (χ3v) is 6.61. The summed E-state index contributed by atoms with van der Waals surface area (Å²) in [6.07, 6.45) is 0. The minimum atomic E-state index is -3.68. The smallest absolute Gasteiger partial charge is 0.243 e. The number of hydrogen-bond donors (Lipinski definition) is 0. The normalized spacial score (nSPS) is 11.8. The third-order valence-electron chi connectivity index (χ3n) is 4.79. The fourth-order valence-corrected chi connectivity index (χ4v) is 4.21. The number of rotatable bonds is 6. The lowest BCUT2D eigenvalue weighted by atomic mass is 10.2. The van der Waals surface area contributed by atoms with Crippen LogP contribution < -0.4 is 0 Å². The summed E-state index contributed by atoms with van der Waals surface area (Å²) in [6.45, 7) is 5.47. The Balaban J connectivity index is 1.89. The summed E-state index contributed by atoms with van der Waals surface area (Å²) in [5.74, 6) is -0.100. The van der Waals surface area contributed by atoms with Crippen molar-refractivity contribution in [1.82, 2.24) is 14.1 Å². The van der Waals surface area contributed by atoms with Gasteiger partial charge in [-0.25, -0.2) is 13.1 Å². The molecule has 0 aliphatic carbocycles. The van der Waals surface area contributed by atoms with Crippen molar-refractivity contribution in [2.24, 2.45) is 0 Å². The van der Waals surface area contributed by atoms with Crippen LogP contribution in [-0.2, 0) is 16.6 Å². The Morgan fingerprint density at radius 3 is 2.21 bits per heavy atom.